The fraction of sp³-hybridized carbons (Fsp3) is 0.0526. The minimum Gasteiger partial charge on any atom is -0.501 e. The van der Waals surface area contributed by atoms with Crippen LogP contribution in [0.25, 0.3) is 66.0 Å². The van der Waals surface area contributed by atoms with Gasteiger partial charge in [-0.3, -0.25) is 0 Å². The standard InChI is InChI=1S/C27H18NO.C11H8N.Ir/c1-16-12-25(28-15-17(16)2)22-9-5-8-21-24-13-19-11-10-18-6-3-4-7-20(18)23(19)14-26(24)29-27(21)22;1-2-6-10(7-3-1)11-8-4-5-9-12-11;/h3-8,10-15H,1-2H3;1-6,8-9H;/q2*-1;. The third kappa shape index (κ3) is 5.12. The molecule has 0 spiro atoms. The molecule has 42 heavy (non-hydrogen) atoms. The van der Waals surface area contributed by atoms with E-state index < -0.39 is 0 Å². The topological polar surface area (TPSA) is 38.9 Å². The predicted octanol–water partition coefficient (Wildman–Crippen LogP) is 9.92. The van der Waals surface area contributed by atoms with Crippen molar-refractivity contribution < 1.29 is 24.5 Å². The molecule has 0 amide bonds. The normalized spacial score (nSPS) is 10.9. The molecule has 3 nitrogen and oxygen atoms in total. The van der Waals surface area contributed by atoms with Gasteiger partial charge in [-0.05, 0) is 70.5 Å². The first kappa shape index (κ1) is 27.5. The maximum Gasteiger partial charge on any atom is 0.121 e. The molecule has 0 aliphatic rings. The van der Waals surface area contributed by atoms with Gasteiger partial charge in [0.05, 0.1) is 5.58 Å². The Balaban J connectivity index is 0.000000205. The van der Waals surface area contributed by atoms with E-state index in [4.69, 9.17) is 4.42 Å². The van der Waals surface area contributed by atoms with E-state index in [1.54, 1.807) is 6.20 Å². The van der Waals surface area contributed by atoms with Gasteiger partial charge in [-0.1, -0.05) is 71.1 Å². The molecule has 1 radical (unpaired) electrons. The Morgan fingerprint density at radius 3 is 2.24 bits per heavy atom. The monoisotopic (exact) mass is 719 g/mol. The fourth-order valence-corrected chi connectivity index (χ4v) is 5.27. The van der Waals surface area contributed by atoms with Crippen molar-refractivity contribution in [1.29, 1.82) is 0 Å². The van der Waals surface area contributed by atoms with Crippen LogP contribution in [0.4, 0.5) is 0 Å². The van der Waals surface area contributed by atoms with Crippen LogP contribution in [-0.2, 0) is 20.1 Å². The summed E-state index contributed by atoms with van der Waals surface area (Å²) in [5, 5.41) is 7.14. The van der Waals surface area contributed by atoms with E-state index in [0.29, 0.717) is 0 Å². The number of fused-ring (bicyclic) bond motifs is 6. The van der Waals surface area contributed by atoms with E-state index in [9.17, 15) is 0 Å². The van der Waals surface area contributed by atoms with Gasteiger partial charge in [0.25, 0.3) is 0 Å². The summed E-state index contributed by atoms with van der Waals surface area (Å²) in [4.78, 5) is 8.85. The SMILES string of the molecule is Cc1cnc(-c2[c-]ccc3c2oc2cc4c(ccc5ccccc54)cc23)cc1C.[Ir].[c-]1ccccc1-c1ccccn1. The summed E-state index contributed by atoms with van der Waals surface area (Å²) in [5.41, 5.74) is 7.96. The van der Waals surface area contributed by atoms with Crippen LogP contribution in [0, 0.1) is 26.0 Å². The average Bonchev–Trinajstić information content (AvgIpc) is 3.40. The van der Waals surface area contributed by atoms with Crippen molar-refractivity contribution in [2.24, 2.45) is 0 Å². The maximum atomic E-state index is 6.39. The average molecular weight is 719 g/mol. The molecule has 3 heterocycles. The first-order valence-corrected chi connectivity index (χ1v) is 13.7. The van der Waals surface area contributed by atoms with Crippen molar-refractivity contribution in [2.45, 2.75) is 13.8 Å². The smallest absolute Gasteiger partial charge is 0.121 e. The summed E-state index contributed by atoms with van der Waals surface area (Å²) >= 11 is 0. The Kier molecular flexibility index (Phi) is 7.67. The number of benzene rings is 5. The van der Waals surface area contributed by atoms with Crippen LogP contribution in [0.5, 0.6) is 0 Å². The van der Waals surface area contributed by atoms with Crippen LogP contribution in [-0.4, -0.2) is 9.97 Å². The molecule has 8 aromatic rings. The maximum absolute atomic E-state index is 6.39. The second kappa shape index (κ2) is 11.7. The van der Waals surface area contributed by atoms with Gasteiger partial charge >= 0.3 is 0 Å². The van der Waals surface area contributed by atoms with Crippen LogP contribution < -0.4 is 0 Å². The fourth-order valence-electron chi connectivity index (χ4n) is 5.27. The molecule has 8 rings (SSSR count). The summed E-state index contributed by atoms with van der Waals surface area (Å²) in [5.74, 6) is 0. The molecular weight excluding hydrogens is 693 g/mol. The van der Waals surface area contributed by atoms with Gasteiger partial charge < -0.3 is 14.4 Å². The third-order valence-electron chi connectivity index (χ3n) is 7.58. The molecule has 0 N–H and O–H groups in total. The van der Waals surface area contributed by atoms with Gasteiger partial charge in [-0.25, -0.2) is 0 Å². The van der Waals surface area contributed by atoms with Crippen LogP contribution in [0.15, 0.2) is 126 Å². The van der Waals surface area contributed by atoms with E-state index in [-0.39, 0.29) is 20.1 Å². The molecule has 0 fully saturated rings. The number of furan rings is 1. The van der Waals surface area contributed by atoms with Crippen molar-refractivity contribution in [3.05, 3.63) is 145 Å². The minimum absolute atomic E-state index is 0. The first-order valence-electron chi connectivity index (χ1n) is 13.7. The van der Waals surface area contributed by atoms with Gasteiger partial charge in [0.2, 0.25) is 0 Å². The van der Waals surface area contributed by atoms with Crippen molar-refractivity contribution >= 4 is 43.5 Å². The van der Waals surface area contributed by atoms with Gasteiger partial charge in [0.15, 0.2) is 0 Å². The molecule has 0 saturated heterocycles. The Morgan fingerprint density at radius 1 is 0.595 bits per heavy atom. The van der Waals surface area contributed by atoms with Crippen molar-refractivity contribution in [3.8, 4) is 22.5 Å². The molecular formula is C38H26IrN2O-2. The first-order chi connectivity index (χ1) is 20.2. The molecule has 0 bridgehead atoms. The molecule has 0 aliphatic heterocycles. The van der Waals surface area contributed by atoms with Gasteiger partial charge in [-0.2, -0.15) is 0 Å². The summed E-state index contributed by atoms with van der Waals surface area (Å²) in [6, 6.07) is 43.6. The van der Waals surface area contributed by atoms with Crippen molar-refractivity contribution in [2.75, 3.05) is 0 Å². The molecule has 0 saturated carbocycles. The second-order valence-electron chi connectivity index (χ2n) is 10.2. The van der Waals surface area contributed by atoms with E-state index in [1.165, 1.54) is 32.7 Å². The molecule has 5 aromatic carbocycles. The number of hydrogen-bond acceptors (Lipinski definition) is 3. The van der Waals surface area contributed by atoms with Crippen LogP contribution >= 0.6 is 0 Å². The van der Waals surface area contributed by atoms with E-state index in [1.807, 2.05) is 54.7 Å². The molecule has 0 aliphatic carbocycles. The van der Waals surface area contributed by atoms with Crippen LogP contribution in [0.1, 0.15) is 11.1 Å². The number of aromatic nitrogens is 2. The van der Waals surface area contributed by atoms with Crippen LogP contribution in [0.3, 0.4) is 0 Å². The Hall–Kier alpha value is -4.63. The number of rotatable bonds is 2. The number of nitrogens with zero attached hydrogens (tertiary/aromatic N) is 2. The molecule has 3 aromatic heterocycles. The Labute approximate surface area is 258 Å². The number of pyridine rings is 2. The molecule has 205 valence electrons. The molecule has 0 atom stereocenters. The Morgan fingerprint density at radius 2 is 1.43 bits per heavy atom. The van der Waals surface area contributed by atoms with Crippen LogP contribution in [0.2, 0.25) is 0 Å². The second-order valence-corrected chi connectivity index (χ2v) is 10.2. The quantitative estimate of drug-likeness (QED) is 0.132. The number of aryl methyl sites for hydroxylation is 2. The number of hydrogen-bond donors (Lipinski definition) is 0. The van der Waals surface area contributed by atoms with Gasteiger partial charge in [0, 0.05) is 37.9 Å². The van der Waals surface area contributed by atoms with E-state index >= 15 is 0 Å². The zero-order valence-electron chi connectivity index (χ0n) is 23.2. The van der Waals surface area contributed by atoms with Gasteiger partial charge in [-0.15, -0.1) is 54.1 Å². The van der Waals surface area contributed by atoms with Gasteiger partial charge in [0.1, 0.15) is 5.58 Å². The zero-order chi connectivity index (χ0) is 27.8. The third-order valence-corrected chi connectivity index (χ3v) is 7.58. The summed E-state index contributed by atoms with van der Waals surface area (Å²) in [6.45, 7) is 4.19. The zero-order valence-corrected chi connectivity index (χ0v) is 25.6. The summed E-state index contributed by atoms with van der Waals surface area (Å²) in [7, 11) is 0. The Bertz CT molecular complexity index is 2130. The molecule has 0 unspecified atom stereocenters. The largest absolute Gasteiger partial charge is 0.501 e. The molecule has 4 heteroatoms. The van der Waals surface area contributed by atoms with E-state index in [2.05, 4.69) is 96.6 Å². The van der Waals surface area contributed by atoms with Crippen molar-refractivity contribution in [3.63, 3.8) is 0 Å². The van der Waals surface area contributed by atoms with Crippen molar-refractivity contribution in [1.82, 2.24) is 9.97 Å². The predicted molar refractivity (Wildman–Crippen MR) is 169 cm³/mol. The summed E-state index contributed by atoms with van der Waals surface area (Å²) < 4.78 is 6.39. The summed E-state index contributed by atoms with van der Waals surface area (Å²) in [6.07, 6.45) is 3.70. The minimum atomic E-state index is 0. The van der Waals surface area contributed by atoms with E-state index in [0.717, 1.165) is 44.5 Å².